The zero-order valence-electron chi connectivity index (χ0n) is 19.8. The van der Waals surface area contributed by atoms with Crippen molar-refractivity contribution in [3.8, 4) is 0 Å². The zero-order valence-corrected chi connectivity index (χ0v) is 20.7. The van der Waals surface area contributed by atoms with Gasteiger partial charge in [-0.05, 0) is 58.3 Å². The van der Waals surface area contributed by atoms with Gasteiger partial charge in [-0.25, -0.2) is 4.98 Å². The maximum atomic E-state index is 13.5. The molecule has 2 aliphatic rings. The van der Waals surface area contributed by atoms with Gasteiger partial charge < -0.3 is 9.80 Å². The monoisotopic (exact) mass is 482 g/mol. The number of nitrogens with zero attached hydrogens (tertiary/aromatic N) is 4. The minimum atomic E-state index is 0.207. The largest absolute Gasteiger partial charge is 0.354 e. The number of anilines is 2. The van der Waals surface area contributed by atoms with Crippen LogP contribution in [0.4, 0.5) is 11.5 Å². The highest BCUT2D eigenvalue weighted by molar-refractivity contribution is 7.08. The average molecular weight is 483 g/mol. The van der Waals surface area contributed by atoms with Crippen LogP contribution < -0.4 is 9.80 Å². The second kappa shape index (κ2) is 9.80. The number of para-hydroxylation sites is 1. The van der Waals surface area contributed by atoms with Crippen LogP contribution in [0.25, 0.3) is 10.8 Å². The lowest BCUT2D eigenvalue weighted by Crippen LogP contribution is -2.54. The number of carbonyl (C=O) groups excluding carboxylic acids is 1. The summed E-state index contributed by atoms with van der Waals surface area (Å²) in [6.45, 7) is 4.78. The van der Waals surface area contributed by atoms with Crippen molar-refractivity contribution in [1.82, 2.24) is 9.88 Å². The second-order valence-electron chi connectivity index (χ2n) is 9.54. The molecule has 5 nitrogen and oxygen atoms in total. The Morgan fingerprint density at radius 3 is 2.66 bits per heavy atom. The van der Waals surface area contributed by atoms with Crippen LogP contribution in [-0.2, 0) is 17.6 Å². The summed E-state index contributed by atoms with van der Waals surface area (Å²) in [6, 6.07) is 21.3. The summed E-state index contributed by atoms with van der Waals surface area (Å²) in [6.07, 6.45) is 4.43. The lowest BCUT2D eigenvalue weighted by molar-refractivity contribution is -0.118. The highest BCUT2D eigenvalue weighted by atomic mass is 32.1. The molecule has 6 rings (SSSR count). The highest BCUT2D eigenvalue weighted by Crippen LogP contribution is 2.32. The number of hydrogen-bond acceptors (Lipinski definition) is 5. The van der Waals surface area contributed by atoms with Crippen LogP contribution >= 0.6 is 11.3 Å². The van der Waals surface area contributed by atoms with E-state index in [0.29, 0.717) is 6.42 Å². The van der Waals surface area contributed by atoms with Gasteiger partial charge in [0.2, 0.25) is 5.91 Å². The molecule has 0 saturated carbocycles. The smallest absolute Gasteiger partial charge is 0.231 e. The van der Waals surface area contributed by atoms with Gasteiger partial charge in [0, 0.05) is 56.0 Å². The SMILES string of the molecule is O=C(Cc1ccsc1)N1c2ccccc2CCC1CN1CCN(c2nccc3ccccc23)CC1. The van der Waals surface area contributed by atoms with Crippen LogP contribution in [0.3, 0.4) is 0 Å². The third kappa shape index (κ3) is 4.56. The predicted molar refractivity (Wildman–Crippen MR) is 144 cm³/mol. The van der Waals surface area contributed by atoms with Crippen molar-refractivity contribution in [3.05, 3.63) is 88.7 Å². The first kappa shape index (κ1) is 22.3. The van der Waals surface area contributed by atoms with Gasteiger partial charge in [-0.15, -0.1) is 0 Å². The Morgan fingerprint density at radius 2 is 1.80 bits per heavy atom. The number of pyridine rings is 1. The molecule has 0 N–H and O–H groups in total. The fourth-order valence-electron chi connectivity index (χ4n) is 5.57. The minimum Gasteiger partial charge on any atom is -0.354 e. The van der Waals surface area contributed by atoms with Gasteiger partial charge in [-0.3, -0.25) is 9.69 Å². The van der Waals surface area contributed by atoms with Gasteiger partial charge in [0.25, 0.3) is 0 Å². The zero-order chi connectivity index (χ0) is 23.6. The van der Waals surface area contributed by atoms with Crippen molar-refractivity contribution >= 4 is 39.5 Å². The van der Waals surface area contributed by atoms with Crippen LogP contribution in [0.5, 0.6) is 0 Å². The molecule has 2 aromatic heterocycles. The van der Waals surface area contributed by atoms with Crippen molar-refractivity contribution in [1.29, 1.82) is 0 Å². The average Bonchev–Trinajstić information content (AvgIpc) is 3.41. The van der Waals surface area contributed by atoms with Crippen LogP contribution in [0.2, 0.25) is 0 Å². The number of carbonyl (C=O) groups is 1. The normalized spacial score (nSPS) is 18.6. The van der Waals surface area contributed by atoms with Gasteiger partial charge in [0.05, 0.1) is 6.42 Å². The van der Waals surface area contributed by atoms with E-state index in [2.05, 4.69) is 86.1 Å². The Labute approximate surface area is 210 Å². The van der Waals surface area contributed by atoms with E-state index in [1.54, 1.807) is 11.3 Å². The molecular weight excluding hydrogens is 452 g/mol. The molecule has 0 bridgehead atoms. The summed E-state index contributed by atoms with van der Waals surface area (Å²) < 4.78 is 0. The summed E-state index contributed by atoms with van der Waals surface area (Å²) >= 11 is 1.65. The number of rotatable bonds is 5. The first-order chi connectivity index (χ1) is 17.3. The first-order valence-corrected chi connectivity index (χ1v) is 13.4. The molecule has 6 heteroatoms. The number of aryl methyl sites for hydroxylation is 1. The van der Waals surface area contributed by atoms with Crippen molar-refractivity contribution in [3.63, 3.8) is 0 Å². The molecule has 1 unspecified atom stereocenters. The standard InChI is InChI=1S/C29H30N4OS/c34-28(19-22-12-18-35-21-22)33-25(10-9-24-6-2-4-8-27(24)33)20-31-14-16-32(17-15-31)29-26-7-3-1-5-23(26)11-13-30-29/h1-8,11-13,18,21,25H,9-10,14-17,19-20H2. The topological polar surface area (TPSA) is 39.7 Å². The number of aromatic nitrogens is 1. The summed E-state index contributed by atoms with van der Waals surface area (Å²) in [5, 5.41) is 6.59. The third-order valence-electron chi connectivity index (χ3n) is 7.36. The highest BCUT2D eigenvalue weighted by Gasteiger charge is 2.33. The summed E-state index contributed by atoms with van der Waals surface area (Å²) in [5.41, 5.74) is 3.50. The second-order valence-corrected chi connectivity index (χ2v) is 10.3. The van der Waals surface area contributed by atoms with Crippen LogP contribution in [0, 0.1) is 0 Å². The number of piperazine rings is 1. The molecule has 1 saturated heterocycles. The van der Waals surface area contributed by atoms with Crippen LogP contribution in [0.15, 0.2) is 77.6 Å². The number of thiophene rings is 1. The van der Waals surface area contributed by atoms with Gasteiger partial charge in [0.15, 0.2) is 0 Å². The van der Waals surface area contributed by atoms with Gasteiger partial charge in [0.1, 0.15) is 5.82 Å². The van der Waals surface area contributed by atoms with Crippen molar-refractivity contribution in [2.45, 2.75) is 25.3 Å². The molecule has 0 radical (unpaired) electrons. The van der Waals surface area contributed by atoms with Gasteiger partial charge >= 0.3 is 0 Å². The maximum absolute atomic E-state index is 13.5. The Morgan fingerprint density at radius 1 is 0.971 bits per heavy atom. The Kier molecular flexibility index (Phi) is 6.23. The molecule has 4 heterocycles. The molecule has 2 aliphatic heterocycles. The molecule has 1 fully saturated rings. The summed E-state index contributed by atoms with van der Waals surface area (Å²) in [4.78, 5) is 25.3. The predicted octanol–water partition coefficient (Wildman–Crippen LogP) is 5.01. The molecule has 35 heavy (non-hydrogen) atoms. The molecule has 4 aromatic rings. The fourth-order valence-corrected chi connectivity index (χ4v) is 6.23. The number of hydrogen-bond donors (Lipinski definition) is 0. The Balaban J connectivity index is 1.17. The van der Waals surface area contributed by atoms with Crippen molar-refractivity contribution < 1.29 is 4.79 Å². The maximum Gasteiger partial charge on any atom is 0.231 e. The molecule has 178 valence electrons. The number of benzene rings is 2. The van der Waals surface area contributed by atoms with Gasteiger partial charge in [-0.2, -0.15) is 11.3 Å². The fraction of sp³-hybridized carbons (Fsp3) is 0.310. The third-order valence-corrected chi connectivity index (χ3v) is 8.09. The molecule has 1 amide bonds. The molecule has 0 aliphatic carbocycles. The number of fused-ring (bicyclic) bond motifs is 2. The molecular formula is C29H30N4OS. The van der Waals surface area contributed by atoms with E-state index in [4.69, 9.17) is 4.98 Å². The van der Waals surface area contributed by atoms with Gasteiger partial charge in [-0.1, -0.05) is 42.5 Å². The van der Waals surface area contributed by atoms with E-state index in [0.717, 1.165) is 62.6 Å². The Hall–Kier alpha value is -3.22. The van der Waals surface area contributed by atoms with Crippen LogP contribution in [-0.4, -0.2) is 54.6 Å². The van der Waals surface area contributed by atoms with E-state index in [9.17, 15) is 4.79 Å². The minimum absolute atomic E-state index is 0.207. The van der Waals surface area contributed by atoms with Crippen molar-refractivity contribution in [2.75, 3.05) is 42.5 Å². The van der Waals surface area contributed by atoms with E-state index in [1.165, 1.54) is 16.3 Å². The van der Waals surface area contributed by atoms with E-state index >= 15 is 0 Å². The molecule has 0 spiro atoms. The first-order valence-electron chi connectivity index (χ1n) is 12.5. The van der Waals surface area contributed by atoms with Crippen molar-refractivity contribution in [2.24, 2.45) is 0 Å². The molecule has 1 atom stereocenters. The molecule has 2 aromatic carbocycles. The van der Waals surface area contributed by atoms with E-state index in [1.807, 2.05) is 6.20 Å². The summed E-state index contributed by atoms with van der Waals surface area (Å²) in [5.74, 6) is 1.29. The lowest BCUT2D eigenvalue weighted by Gasteiger charge is -2.42. The van der Waals surface area contributed by atoms with E-state index in [-0.39, 0.29) is 11.9 Å². The Bertz CT molecular complexity index is 1310. The lowest BCUT2D eigenvalue weighted by atomic mass is 9.94. The summed E-state index contributed by atoms with van der Waals surface area (Å²) in [7, 11) is 0. The quantitative estimate of drug-likeness (QED) is 0.401. The number of amides is 1. The van der Waals surface area contributed by atoms with Crippen LogP contribution in [0.1, 0.15) is 17.5 Å². The van der Waals surface area contributed by atoms with E-state index < -0.39 is 0 Å².